The van der Waals surface area contributed by atoms with Crippen LogP contribution in [0.2, 0.25) is 0 Å². The lowest BCUT2D eigenvalue weighted by Crippen LogP contribution is -2.74. The molecule has 0 spiro atoms. The zero-order valence-electron chi connectivity index (χ0n) is 37.6. The lowest BCUT2D eigenvalue weighted by molar-refractivity contribution is 0.668. The molecule has 0 atom stereocenters. The second-order valence-corrected chi connectivity index (χ2v) is 21.5. The highest BCUT2D eigenvalue weighted by molar-refractivity contribution is 7.19. The molecule has 0 aliphatic rings. The summed E-state index contributed by atoms with van der Waals surface area (Å²) in [5.41, 5.74) is 8.88. The van der Waals surface area contributed by atoms with Gasteiger partial charge in [0.15, 0.2) is 19.7 Å². The van der Waals surface area contributed by atoms with Crippen LogP contribution in [0, 0.1) is 0 Å². The van der Waals surface area contributed by atoms with Crippen molar-refractivity contribution >= 4 is 94.5 Å². The van der Waals surface area contributed by atoms with E-state index in [-0.39, 0.29) is 0 Å². The normalized spacial score (nSPS) is 12.0. The van der Waals surface area contributed by atoms with Gasteiger partial charge in [0.05, 0.1) is 11.0 Å². The van der Waals surface area contributed by atoms with Gasteiger partial charge in [-0.3, -0.25) is 9.55 Å². The fraction of sp³-hybridized carbons (Fsp3) is 0. The van der Waals surface area contributed by atoms with Crippen LogP contribution in [0.25, 0.3) is 106 Å². The summed E-state index contributed by atoms with van der Waals surface area (Å²) in [4.78, 5) is 20.7. The standard InChI is InChI=1S/C62H39N5O2Si/c1-4-16-42(17-5-1)70(43-18-6-2-7-19-43,44-20-8-3-9-21-44)45-33-30-40(31-34-45)60-64-61(51-26-15-29-57-58(51)52-39-63-37-36-56(52)68-57)66-62(65-60)67-53-27-12-10-22-47(53)48-35-32-41(38-54(48)67)46-24-14-25-50-49-23-11-13-28-55(49)69-59(46)50/h1-39H. The van der Waals surface area contributed by atoms with Crippen molar-refractivity contribution in [1.29, 1.82) is 0 Å². The predicted molar refractivity (Wildman–Crippen MR) is 286 cm³/mol. The van der Waals surface area contributed by atoms with E-state index >= 15 is 0 Å². The van der Waals surface area contributed by atoms with E-state index in [2.05, 4.69) is 204 Å². The van der Waals surface area contributed by atoms with Gasteiger partial charge in [-0.2, -0.15) is 9.97 Å². The van der Waals surface area contributed by atoms with Crippen molar-refractivity contribution in [2.24, 2.45) is 0 Å². The van der Waals surface area contributed by atoms with Crippen LogP contribution in [0.5, 0.6) is 0 Å². The number of para-hydroxylation sites is 3. The Balaban J connectivity index is 1.01. The highest BCUT2D eigenvalue weighted by atomic mass is 28.3. The largest absolute Gasteiger partial charge is 0.456 e. The molecule has 0 radical (unpaired) electrons. The molecule has 0 aliphatic heterocycles. The summed E-state index contributed by atoms with van der Waals surface area (Å²) in [6, 6.07) is 79.5. The second-order valence-electron chi connectivity index (χ2n) is 17.7. The molecule has 5 heterocycles. The van der Waals surface area contributed by atoms with Crippen LogP contribution < -0.4 is 20.7 Å². The topological polar surface area (TPSA) is 82.8 Å². The van der Waals surface area contributed by atoms with Crippen LogP contribution in [0.15, 0.2) is 246 Å². The first-order valence-corrected chi connectivity index (χ1v) is 25.4. The number of furan rings is 2. The van der Waals surface area contributed by atoms with E-state index in [9.17, 15) is 0 Å². The number of hydrogen-bond acceptors (Lipinski definition) is 6. The van der Waals surface area contributed by atoms with Gasteiger partial charge >= 0.3 is 0 Å². The Hall–Kier alpha value is -9.24. The van der Waals surface area contributed by atoms with Crippen LogP contribution in [-0.4, -0.2) is 32.6 Å². The molecule has 0 unspecified atom stereocenters. The fourth-order valence-electron chi connectivity index (χ4n) is 10.8. The Kier molecular flexibility index (Phi) is 9.08. The summed E-state index contributed by atoms with van der Waals surface area (Å²) in [6.07, 6.45) is 3.61. The van der Waals surface area contributed by atoms with Gasteiger partial charge < -0.3 is 8.83 Å². The van der Waals surface area contributed by atoms with Gasteiger partial charge in [0.1, 0.15) is 22.3 Å². The van der Waals surface area contributed by atoms with Crippen molar-refractivity contribution in [1.82, 2.24) is 24.5 Å². The second kappa shape index (κ2) is 15.9. The maximum Gasteiger partial charge on any atom is 0.238 e. The monoisotopic (exact) mass is 913 g/mol. The molecule has 0 amide bonds. The minimum atomic E-state index is -2.79. The first-order valence-electron chi connectivity index (χ1n) is 23.4. The van der Waals surface area contributed by atoms with E-state index in [1.165, 1.54) is 20.7 Å². The molecule has 0 saturated carbocycles. The van der Waals surface area contributed by atoms with Gasteiger partial charge in [0.2, 0.25) is 5.95 Å². The van der Waals surface area contributed by atoms with Crippen LogP contribution in [-0.2, 0) is 0 Å². The smallest absolute Gasteiger partial charge is 0.238 e. The summed E-state index contributed by atoms with van der Waals surface area (Å²) < 4.78 is 15.1. The third kappa shape index (κ3) is 6.13. The molecule has 0 N–H and O–H groups in total. The molecule has 0 aliphatic carbocycles. The van der Waals surface area contributed by atoms with Gasteiger partial charge in [-0.15, -0.1) is 0 Å². The number of fused-ring (bicyclic) bond motifs is 9. The van der Waals surface area contributed by atoms with Gasteiger partial charge in [-0.1, -0.05) is 194 Å². The van der Waals surface area contributed by atoms with E-state index in [4.69, 9.17) is 23.8 Å². The maximum atomic E-state index is 6.57. The molecular weight excluding hydrogens is 875 g/mol. The molecule has 70 heavy (non-hydrogen) atoms. The molecule has 0 bridgehead atoms. The van der Waals surface area contributed by atoms with Gasteiger partial charge in [-0.25, -0.2) is 4.98 Å². The summed E-state index contributed by atoms with van der Waals surface area (Å²) in [5, 5.41) is 11.3. The number of hydrogen-bond donors (Lipinski definition) is 0. The molecule has 328 valence electrons. The molecule has 7 nitrogen and oxygen atoms in total. The number of nitrogens with zero attached hydrogens (tertiary/aromatic N) is 5. The summed E-state index contributed by atoms with van der Waals surface area (Å²) >= 11 is 0. The zero-order valence-corrected chi connectivity index (χ0v) is 38.6. The number of rotatable bonds is 8. The van der Waals surface area contributed by atoms with E-state index in [1.54, 1.807) is 6.20 Å². The molecule has 0 saturated heterocycles. The van der Waals surface area contributed by atoms with Crippen molar-refractivity contribution in [3.8, 4) is 39.9 Å². The lowest BCUT2D eigenvalue weighted by atomic mass is 10.0. The fourth-order valence-corrected chi connectivity index (χ4v) is 15.6. The van der Waals surface area contributed by atoms with Gasteiger partial charge in [0, 0.05) is 61.4 Å². The third-order valence-corrected chi connectivity index (χ3v) is 18.7. The number of aromatic nitrogens is 5. The SMILES string of the molecule is c1ccc([Si](c2ccccc2)(c2ccccc2)c2ccc(-c3nc(-c4cccc5oc6ccncc6c45)nc(-n4c5ccccc5c5ccc(-c6cccc7c6oc6ccccc67)cc54)n3)cc2)cc1. The van der Waals surface area contributed by atoms with Crippen molar-refractivity contribution < 1.29 is 8.83 Å². The van der Waals surface area contributed by atoms with Crippen LogP contribution >= 0.6 is 0 Å². The van der Waals surface area contributed by atoms with Crippen molar-refractivity contribution in [2.45, 2.75) is 0 Å². The molecule has 5 aromatic heterocycles. The molecule has 0 fully saturated rings. The Morgan fingerprint density at radius 2 is 0.943 bits per heavy atom. The Bertz CT molecular complexity index is 4200. The average molecular weight is 914 g/mol. The molecule has 14 aromatic rings. The van der Waals surface area contributed by atoms with Gasteiger partial charge in [0.25, 0.3) is 0 Å². The summed E-state index contributed by atoms with van der Waals surface area (Å²) in [5.74, 6) is 1.57. The summed E-state index contributed by atoms with van der Waals surface area (Å²) in [7, 11) is -2.79. The molecular formula is C62H39N5O2Si. The van der Waals surface area contributed by atoms with E-state index in [0.717, 1.165) is 87.9 Å². The number of pyridine rings is 1. The Morgan fingerprint density at radius 3 is 1.70 bits per heavy atom. The molecule has 9 aromatic carbocycles. The Labute approximate surface area is 402 Å². The quantitative estimate of drug-likeness (QED) is 0.112. The van der Waals surface area contributed by atoms with Crippen LogP contribution in [0.4, 0.5) is 0 Å². The van der Waals surface area contributed by atoms with E-state index < -0.39 is 8.07 Å². The minimum Gasteiger partial charge on any atom is -0.456 e. The third-order valence-electron chi connectivity index (χ3n) is 13.9. The first kappa shape index (κ1) is 39.9. The van der Waals surface area contributed by atoms with E-state index in [1.807, 2.05) is 36.5 Å². The molecule has 14 rings (SSSR count). The predicted octanol–water partition coefficient (Wildman–Crippen LogP) is 12.5. The highest BCUT2D eigenvalue weighted by Gasteiger charge is 2.41. The van der Waals surface area contributed by atoms with Crippen molar-refractivity contribution in [3.63, 3.8) is 0 Å². The Morgan fingerprint density at radius 1 is 0.371 bits per heavy atom. The zero-order chi connectivity index (χ0) is 46.2. The average Bonchev–Trinajstić information content (AvgIpc) is 4.12. The summed E-state index contributed by atoms with van der Waals surface area (Å²) in [6.45, 7) is 0. The molecule has 8 heteroatoms. The van der Waals surface area contributed by atoms with E-state index in [0.29, 0.717) is 17.6 Å². The van der Waals surface area contributed by atoms with Gasteiger partial charge in [-0.05, 0) is 56.6 Å². The highest BCUT2D eigenvalue weighted by Crippen LogP contribution is 2.40. The first-order chi connectivity index (χ1) is 34.7. The number of benzene rings is 9. The van der Waals surface area contributed by atoms with Crippen molar-refractivity contribution in [3.05, 3.63) is 237 Å². The maximum absolute atomic E-state index is 6.57. The lowest BCUT2D eigenvalue weighted by Gasteiger charge is -2.34. The minimum absolute atomic E-state index is 0.499. The van der Waals surface area contributed by atoms with Crippen LogP contribution in [0.3, 0.4) is 0 Å². The van der Waals surface area contributed by atoms with Crippen LogP contribution in [0.1, 0.15) is 0 Å². The van der Waals surface area contributed by atoms with Crippen molar-refractivity contribution in [2.75, 3.05) is 0 Å².